The number of anilines is 3. The van der Waals surface area contributed by atoms with Crippen molar-refractivity contribution in [3.8, 4) is 0 Å². The fourth-order valence-electron chi connectivity index (χ4n) is 5.04. The Bertz CT molecular complexity index is 1260. The summed E-state index contributed by atoms with van der Waals surface area (Å²) in [7, 11) is 0. The highest BCUT2D eigenvalue weighted by atomic mass is 19.2. The van der Waals surface area contributed by atoms with Gasteiger partial charge in [-0.1, -0.05) is 0 Å². The number of primary amides is 1. The average molecular weight is 490 g/mol. The number of hydrogen-bond acceptors (Lipinski definition) is 7. The van der Waals surface area contributed by atoms with E-state index >= 15 is 0 Å². The van der Waals surface area contributed by atoms with Crippen LogP contribution in [-0.4, -0.2) is 42.7 Å². The van der Waals surface area contributed by atoms with Gasteiger partial charge in [-0.05, 0) is 57.1 Å². The largest absolute Gasteiger partial charge is 0.393 e. The maximum absolute atomic E-state index is 14.4. The van der Waals surface area contributed by atoms with Crippen LogP contribution in [0, 0.1) is 23.4 Å². The molecule has 12 heteroatoms. The van der Waals surface area contributed by atoms with Crippen LogP contribution in [0.1, 0.15) is 51.0 Å². The van der Waals surface area contributed by atoms with Gasteiger partial charge in [0.25, 0.3) is 0 Å². The summed E-state index contributed by atoms with van der Waals surface area (Å²) in [6.07, 6.45) is 5.45. The van der Waals surface area contributed by atoms with Crippen LogP contribution < -0.4 is 16.4 Å². The first-order valence-electron chi connectivity index (χ1n) is 11.7. The third-order valence-electron chi connectivity index (χ3n) is 6.92. The Kier molecular flexibility index (Phi) is 6.22. The van der Waals surface area contributed by atoms with Crippen molar-refractivity contribution < 1.29 is 23.1 Å². The normalized spacial score (nSPS) is 24.6. The van der Waals surface area contributed by atoms with Crippen LogP contribution in [0.15, 0.2) is 18.3 Å². The number of nitrogens with zero attached hydrogens (tertiary/aromatic N) is 4. The molecule has 1 amide bonds. The van der Waals surface area contributed by atoms with E-state index in [1.807, 2.05) is 0 Å². The second-order valence-corrected chi connectivity index (χ2v) is 9.27. The summed E-state index contributed by atoms with van der Waals surface area (Å²) in [5.41, 5.74) is 5.64. The predicted molar refractivity (Wildman–Crippen MR) is 122 cm³/mol. The van der Waals surface area contributed by atoms with E-state index in [-0.39, 0.29) is 36.0 Å². The molecule has 2 aromatic heterocycles. The number of carbonyl (C=O) groups is 1. The number of benzene rings is 1. The van der Waals surface area contributed by atoms with Gasteiger partial charge < -0.3 is 21.5 Å². The molecule has 5 N–H and O–H groups in total. The smallest absolute Gasteiger partial charge is 0.224 e. The quantitative estimate of drug-likeness (QED) is 0.390. The van der Waals surface area contributed by atoms with E-state index in [2.05, 4.69) is 25.6 Å². The summed E-state index contributed by atoms with van der Waals surface area (Å²) in [6, 6.07) is 1.39. The van der Waals surface area contributed by atoms with E-state index in [1.54, 1.807) is 4.57 Å². The molecule has 0 radical (unpaired) electrons. The number of halogens is 3. The minimum absolute atomic E-state index is 0.0258. The molecular formula is C23H26F3N7O2. The molecule has 2 aliphatic rings. The molecule has 0 spiro atoms. The monoisotopic (exact) mass is 489 g/mol. The van der Waals surface area contributed by atoms with Crippen molar-refractivity contribution in [3.63, 3.8) is 0 Å². The van der Waals surface area contributed by atoms with E-state index in [0.29, 0.717) is 61.7 Å². The summed E-state index contributed by atoms with van der Waals surface area (Å²) in [5, 5.41) is 15.7. The molecule has 9 nitrogen and oxygen atoms in total. The number of amides is 1. The molecule has 2 fully saturated rings. The molecule has 1 aromatic carbocycles. The van der Waals surface area contributed by atoms with E-state index in [9.17, 15) is 23.1 Å². The Morgan fingerprint density at radius 2 is 1.80 bits per heavy atom. The van der Waals surface area contributed by atoms with E-state index in [4.69, 9.17) is 5.73 Å². The molecule has 0 unspecified atom stereocenters. The molecule has 0 saturated heterocycles. The molecule has 35 heavy (non-hydrogen) atoms. The van der Waals surface area contributed by atoms with Crippen molar-refractivity contribution in [2.24, 2.45) is 11.7 Å². The Morgan fingerprint density at radius 1 is 1.06 bits per heavy atom. The number of nitrogens with one attached hydrogen (secondary N) is 2. The minimum Gasteiger partial charge on any atom is -0.393 e. The molecule has 2 heterocycles. The number of nitrogens with two attached hydrogens (primary N) is 1. The van der Waals surface area contributed by atoms with Crippen LogP contribution >= 0.6 is 0 Å². The van der Waals surface area contributed by atoms with Gasteiger partial charge >= 0.3 is 0 Å². The number of aliphatic hydroxyl groups excluding tert-OH is 1. The number of carbonyl (C=O) groups excluding carboxylic acids is 1. The average Bonchev–Trinajstić information content (AvgIpc) is 3.41. The molecule has 0 bridgehead atoms. The highest BCUT2D eigenvalue weighted by Gasteiger charge is 2.30. The Hall–Kier alpha value is -3.41. The molecule has 2 aliphatic carbocycles. The first-order chi connectivity index (χ1) is 16.8. The highest BCUT2D eigenvalue weighted by Crippen LogP contribution is 2.37. The molecule has 2 saturated carbocycles. The number of aromatic nitrogens is 4. The molecular weight excluding hydrogens is 463 g/mol. The maximum Gasteiger partial charge on any atom is 0.224 e. The zero-order valence-corrected chi connectivity index (χ0v) is 18.8. The second-order valence-electron chi connectivity index (χ2n) is 9.27. The third-order valence-corrected chi connectivity index (χ3v) is 6.92. The fraction of sp³-hybridized carbons (Fsp3) is 0.478. The lowest BCUT2D eigenvalue weighted by atomic mass is 9.85. The van der Waals surface area contributed by atoms with Crippen molar-refractivity contribution in [2.75, 3.05) is 10.6 Å². The Labute approximate surface area is 199 Å². The van der Waals surface area contributed by atoms with Crippen LogP contribution in [0.4, 0.5) is 30.8 Å². The molecule has 5 rings (SSSR count). The summed E-state index contributed by atoms with van der Waals surface area (Å²) < 4.78 is 44.4. The van der Waals surface area contributed by atoms with Crippen molar-refractivity contribution >= 4 is 34.7 Å². The zero-order chi connectivity index (χ0) is 24.7. The minimum atomic E-state index is -1.35. The van der Waals surface area contributed by atoms with Crippen molar-refractivity contribution in [1.29, 1.82) is 0 Å². The van der Waals surface area contributed by atoms with E-state index in [0.717, 1.165) is 12.5 Å². The second kappa shape index (κ2) is 9.33. The Balaban J connectivity index is 1.53. The number of hydrogen-bond donors (Lipinski definition) is 4. The van der Waals surface area contributed by atoms with Gasteiger partial charge in [-0.15, -0.1) is 0 Å². The maximum atomic E-state index is 14.4. The first-order valence-corrected chi connectivity index (χ1v) is 11.7. The fourth-order valence-corrected chi connectivity index (χ4v) is 5.04. The molecule has 3 aromatic rings. The highest BCUT2D eigenvalue weighted by molar-refractivity contribution is 5.78. The molecule has 2 atom stereocenters. The standard InChI is InChI=1S/C23H26F3N7O2/c24-15-7-8-16(25)19(18(15)26)31-23-30-17-10-28-22(29-12-3-6-14(34)9-12)32-21(17)33(23)13-4-1-11(2-5-13)20(27)35/h7-8,10-14,34H,1-6,9H2,(H2,27,35)(H,30,31)(H,28,29,32)/t11-,12-,13-,14-/m1/s1. The van der Waals surface area contributed by atoms with Gasteiger partial charge in [0.05, 0.1) is 12.3 Å². The van der Waals surface area contributed by atoms with Crippen LogP contribution in [0.2, 0.25) is 0 Å². The number of fused-ring (bicyclic) bond motifs is 1. The van der Waals surface area contributed by atoms with Crippen LogP contribution in [0.5, 0.6) is 0 Å². The first kappa shape index (κ1) is 23.3. The van der Waals surface area contributed by atoms with Gasteiger partial charge in [0.2, 0.25) is 17.8 Å². The number of aliphatic hydroxyl groups is 1. The SMILES string of the molecule is NC(=O)[C@H]1CC[C@H](n2c(Nc3c(F)ccc(F)c3F)nc3cnc(N[C@@H]4CC[C@@H](O)C4)nc32)CC1. The van der Waals surface area contributed by atoms with E-state index < -0.39 is 23.1 Å². The van der Waals surface area contributed by atoms with Crippen molar-refractivity contribution in [1.82, 2.24) is 19.5 Å². The topological polar surface area (TPSA) is 131 Å². The van der Waals surface area contributed by atoms with Gasteiger partial charge in [0.15, 0.2) is 17.3 Å². The van der Waals surface area contributed by atoms with E-state index in [1.165, 1.54) is 6.20 Å². The van der Waals surface area contributed by atoms with Gasteiger partial charge in [-0.25, -0.2) is 23.1 Å². The van der Waals surface area contributed by atoms with Crippen molar-refractivity contribution in [3.05, 3.63) is 35.8 Å². The Morgan fingerprint density at radius 3 is 2.49 bits per heavy atom. The van der Waals surface area contributed by atoms with Crippen LogP contribution in [-0.2, 0) is 4.79 Å². The summed E-state index contributed by atoms with van der Waals surface area (Å²) in [4.78, 5) is 25.0. The van der Waals surface area contributed by atoms with Gasteiger partial charge in [0.1, 0.15) is 17.0 Å². The van der Waals surface area contributed by atoms with Crippen LogP contribution in [0.25, 0.3) is 11.2 Å². The third kappa shape index (κ3) is 4.62. The van der Waals surface area contributed by atoms with Crippen LogP contribution in [0.3, 0.4) is 0 Å². The summed E-state index contributed by atoms with van der Waals surface area (Å²) in [5.74, 6) is -3.66. The lowest BCUT2D eigenvalue weighted by molar-refractivity contribution is -0.122. The number of imidazole rings is 1. The zero-order valence-electron chi connectivity index (χ0n) is 18.8. The van der Waals surface area contributed by atoms with Gasteiger partial charge in [-0.3, -0.25) is 9.36 Å². The molecule has 186 valence electrons. The lowest BCUT2D eigenvalue weighted by Gasteiger charge is -2.29. The number of rotatable bonds is 6. The summed E-state index contributed by atoms with van der Waals surface area (Å²) in [6.45, 7) is 0. The predicted octanol–water partition coefficient (Wildman–Crippen LogP) is 3.53. The lowest BCUT2D eigenvalue weighted by Crippen LogP contribution is -2.29. The van der Waals surface area contributed by atoms with Gasteiger partial charge in [0, 0.05) is 18.0 Å². The van der Waals surface area contributed by atoms with Crippen molar-refractivity contribution in [2.45, 2.75) is 63.1 Å². The summed E-state index contributed by atoms with van der Waals surface area (Å²) >= 11 is 0. The molecule has 0 aliphatic heterocycles. The van der Waals surface area contributed by atoms with Gasteiger partial charge in [-0.2, -0.15) is 4.98 Å².